The number of hydrogen-bond donors (Lipinski definition) is 0. The molecule has 0 aliphatic rings. The molecule has 0 spiro atoms. The first kappa shape index (κ1) is 24.0. The van der Waals surface area contributed by atoms with Crippen LogP contribution in [0.3, 0.4) is 0 Å². The van der Waals surface area contributed by atoms with E-state index >= 15 is 0 Å². The van der Waals surface area contributed by atoms with E-state index in [0.29, 0.717) is 0 Å². The maximum atomic E-state index is 6.50. The van der Waals surface area contributed by atoms with Crippen molar-refractivity contribution < 1.29 is 0 Å². The normalized spacial score (nSPS) is 1.00. The van der Waals surface area contributed by atoms with E-state index in [0.717, 1.165) is 0 Å². The van der Waals surface area contributed by atoms with E-state index in [4.69, 9.17) is 10.5 Å². The largest absolute Gasteiger partial charge is 0.202 e. The Bertz CT molecular complexity index is 34.0. The van der Waals surface area contributed by atoms with Crippen LogP contribution in [-0.2, 0) is 0 Å². The number of hydrogen-bond acceptors (Lipinski definition) is 2. The van der Waals surface area contributed by atoms with Crippen molar-refractivity contribution in [2.75, 3.05) is 0 Å². The second-order valence-corrected chi connectivity index (χ2v) is 0. The summed E-state index contributed by atoms with van der Waals surface area (Å²) >= 11 is 0. The second kappa shape index (κ2) is 10.7. The van der Waals surface area contributed by atoms with Gasteiger partial charge in [0.1, 0.15) is 0 Å². The molecule has 0 saturated heterocycles. The van der Waals surface area contributed by atoms with Crippen molar-refractivity contribution >= 4 is 0 Å². The average Bonchev–Trinajstić information content (AvgIpc) is 1.81. The maximum absolute atomic E-state index is 6.50. The molecule has 0 aliphatic carbocycles. The fourth-order valence-electron chi connectivity index (χ4n) is 0. The first-order valence-electron chi connectivity index (χ1n) is 0.850. The van der Waals surface area contributed by atoms with Crippen molar-refractivity contribution in [2.24, 2.45) is 0 Å². The van der Waals surface area contributed by atoms with Gasteiger partial charge in [-0.2, -0.15) is 0 Å². The third-order valence-electron chi connectivity index (χ3n) is 0. The highest BCUT2D eigenvalue weighted by Crippen LogP contribution is 0.589. The smallest absolute Gasteiger partial charge is 0.0462 e. The molecule has 0 aromatic carbocycles. The van der Waals surface area contributed by atoms with Gasteiger partial charge >= 0.3 is 0 Å². The lowest BCUT2D eigenvalue weighted by Crippen LogP contribution is -0.576. The van der Waals surface area contributed by atoms with Crippen LogP contribution in [-0.4, -0.2) is 0 Å². The van der Waals surface area contributed by atoms with Crippen LogP contribution < -0.4 is 0 Å². The highest BCUT2D eigenvalue weighted by atomic mass is 14.2. The summed E-state index contributed by atoms with van der Waals surface area (Å²) in [6.45, 7) is 7.00. The highest BCUT2D eigenvalue weighted by molar-refractivity contribution is 4.47. The Hall–Kier alpha value is -1.46. The lowest BCUT2D eigenvalue weighted by atomic mass is 11.4. The van der Waals surface area contributed by atoms with Gasteiger partial charge in [0.05, 0.1) is 0 Å². The minimum Gasteiger partial charge on any atom is -0.202 e. The summed E-state index contributed by atoms with van der Waals surface area (Å²) in [4.78, 5) is 0. The summed E-state index contributed by atoms with van der Waals surface area (Å²) in [5.74, 6) is 0. The molecule has 30 valence electrons. The maximum Gasteiger partial charge on any atom is 0.0462 e. The Labute approximate surface area is 37.6 Å². The third kappa shape index (κ3) is 2.83. The SMILES string of the molecule is C#C.C#N.C#N. The van der Waals surface area contributed by atoms with E-state index in [1.165, 1.54) is 0 Å². The number of terminal acetylenes is 1. The summed E-state index contributed by atoms with van der Waals surface area (Å²) in [7, 11) is 0. The van der Waals surface area contributed by atoms with Gasteiger partial charge in [-0.25, -0.2) is 10.5 Å². The summed E-state index contributed by atoms with van der Waals surface area (Å²) in [6.07, 6.45) is 8.00. The average molecular weight is 80.1 g/mol. The molecule has 2 nitrogen and oxygen atoms in total. The Kier molecular flexibility index (Phi) is 42.8. The lowest BCUT2D eigenvalue weighted by Gasteiger charge is -0.701. The van der Waals surface area contributed by atoms with Gasteiger partial charge in [-0.15, -0.1) is 12.8 Å². The Morgan fingerprint density at radius 1 is 0.667 bits per heavy atom. The number of rotatable bonds is 0. The van der Waals surface area contributed by atoms with Crippen LogP contribution in [0.25, 0.3) is 0 Å². The monoisotopic (exact) mass is 80.0 g/mol. The molecule has 0 N–H and O–H groups in total. The Morgan fingerprint density at radius 2 is 0.667 bits per heavy atom. The van der Waals surface area contributed by atoms with Gasteiger partial charge in [-0.1, -0.05) is 0 Å². The predicted octanol–water partition coefficient (Wildman–Crippen LogP) is 0.529. The molecular weight excluding hydrogens is 76.1 g/mol. The molecule has 0 fully saturated rings. The van der Waals surface area contributed by atoms with E-state index in [2.05, 4.69) is 26.0 Å². The zero-order valence-corrected chi connectivity index (χ0v) is 3.20. The van der Waals surface area contributed by atoms with E-state index in [1.807, 2.05) is 0 Å². The first-order chi connectivity index (χ1) is 3.00. The van der Waals surface area contributed by atoms with Crippen LogP contribution in [0.15, 0.2) is 0 Å². The van der Waals surface area contributed by atoms with Gasteiger partial charge in [0.25, 0.3) is 0 Å². The zero-order chi connectivity index (χ0) is 6.00. The molecule has 0 heterocycles. The summed E-state index contributed by atoms with van der Waals surface area (Å²) in [5.41, 5.74) is 0. The minimum absolute atomic E-state index is 3.50. The molecule has 0 aliphatic heterocycles. The molecule has 0 bridgehead atoms. The van der Waals surface area contributed by atoms with Gasteiger partial charge in [-0.3, -0.25) is 0 Å². The van der Waals surface area contributed by atoms with Crippen LogP contribution in [0.2, 0.25) is 0 Å². The molecule has 0 rings (SSSR count). The Balaban J connectivity index is -0.0000000225. The minimum atomic E-state index is 3.50. The van der Waals surface area contributed by atoms with Crippen LogP contribution in [0.1, 0.15) is 0 Å². The van der Waals surface area contributed by atoms with E-state index in [1.54, 1.807) is 0 Å². The molecule has 2 heteroatoms. The van der Waals surface area contributed by atoms with Gasteiger partial charge in [0.2, 0.25) is 0 Å². The zero-order valence-electron chi connectivity index (χ0n) is 3.20. The molecule has 0 unspecified atom stereocenters. The predicted molar refractivity (Wildman–Crippen MR) is 23.2 cm³/mol. The van der Waals surface area contributed by atoms with Crippen molar-refractivity contribution in [3.63, 3.8) is 0 Å². The van der Waals surface area contributed by atoms with Crippen LogP contribution >= 0.6 is 0 Å². The standard InChI is InChI=1S/C2H2.2CHN/c3*1-2/h1-2H;2*1H. The summed E-state index contributed by atoms with van der Waals surface area (Å²) < 4.78 is 0. The molecule has 0 aromatic heterocycles. The van der Waals surface area contributed by atoms with Crippen LogP contribution in [0.5, 0.6) is 0 Å². The van der Waals surface area contributed by atoms with Gasteiger partial charge < -0.3 is 0 Å². The van der Waals surface area contributed by atoms with Crippen molar-refractivity contribution in [2.45, 2.75) is 0 Å². The van der Waals surface area contributed by atoms with Gasteiger partial charge in [0, 0.05) is 13.1 Å². The van der Waals surface area contributed by atoms with Gasteiger partial charge in [0.15, 0.2) is 0 Å². The molecule has 0 atom stereocenters. The molecular formula is C4H4N2. The van der Waals surface area contributed by atoms with Crippen molar-refractivity contribution in [3.05, 3.63) is 0 Å². The fraction of sp³-hybridized carbons (Fsp3) is 0. The van der Waals surface area contributed by atoms with Crippen molar-refractivity contribution in [3.8, 4) is 26.0 Å². The van der Waals surface area contributed by atoms with Crippen molar-refractivity contribution in [1.82, 2.24) is 0 Å². The fourth-order valence-corrected chi connectivity index (χ4v) is 0. The van der Waals surface area contributed by atoms with E-state index < -0.39 is 0 Å². The van der Waals surface area contributed by atoms with Crippen molar-refractivity contribution in [1.29, 1.82) is 10.5 Å². The second-order valence-electron chi connectivity index (χ2n) is 0. The molecule has 0 aromatic rings. The van der Waals surface area contributed by atoms with E-state index in [9.17, 15) is 0 Å². The summed E-state index contributed by atoms with van der Waals surface area (Å²) in [5, 5.41) is 13.0. The topological polar surface area (TPSA) is 47.6 Å². The molecule has 0 radical (unpaired) electrons. The third-order valence-corrected chi connectivity index (χ3v) is 0. The van der Waals surface area contributed by atoms with E-state index in [-0.39, 0.29) is 0 Å². The quantitative estimate of drug-likeness (QED) is 0.398. The molecule has 0 saturated carbocycles. The molecule has 6 heavy (non-hydrogen) atoms. The van der Waals surface area contributed by atoms with Crippen LogP contribution in [0, 0.1) is 36.5 Å². The highest BCUT2D eigenvalue weighted by Gasteiger charge is 0.515. The Morgan fingerprint density at radius 3 is 0.667 bits per heavy atom. The number of nitrogens with zero attached hydrogens (tertiary/aromatic N) is 2. The summed E-state index contributed by atoms with van der Waals surface area (Å²) in [6, 6.07) is 0. The lowest BCUT2D eigenvalue weighted by molar-refractivity contribution is 1.58. The van der Waals surface area contributed by atoms with Gasteiger partial charge in [-0.05, 0) is 0 Å². The first-order valence-corrected chi connectivity index (χ1v) is 0.850. The molecule has 0 amide bonds. The number of nitriles is 2. The van der Waals surface area contributed by atoms with Crippen LogP contribution in [0.4, 0.5) is 0 Å².